The van der Waals surface area contributed by atoms with Crippen molar-refractivity contribution in [2.24, 2.45) is 0 Å². The average Bonchev–Trinajstić information content (AvgIpc) is 3.24. The Bertz CT molecular complexity index is 1240. The van der Waals surface area contributed by atoms with Crippen LogP contribution in [0.3, 0.4) is 0 Å². The zero-order chi connectivity index (χ0) is 25.5. The maximum atomic E-state index is 15.4. The molecular weight excluding hydrogens is 492 g/mol. The number of benzene rings is 2. The van der Waals surface area contributed by atoms with Crippen molar-refractivity contribution in [1.29, 1.82) is 0 Å². The second-order valence-electron chi connectivity index (χ2n) is 9.73. The molecule has 0 spiro atoms. The fourth-order valence-electron chi connectivity index (χ4n) is 5.11. The highest BCUT2D eigenvalue weighted by Gasteiger charge is 2.44. The van der Waals surface area contributed by atoms with Crippen LogP contribution in [0.15, 0.2) is 42.5 Å². The number of amides is 1. The number of hydrogen-bond acceptors (Lipinski definition) is 6. The summed E-state index contributed by atoms with van der Waals surface area (Å²) in [4.78, 5) is 11.3. The van der Waals surface area contributed by atoms with E-state index in [1.165, 1.54) is 4.31 Å². The van der Waals surface area contributed by atoms with Crippen LogP contribution in [0.2, 0.25) is 0 Å². The third-order valence-electron chi connectivity index (χ3n) is 7.30. The van der Waals surface area contributed by atoms with Crippen LogP contribution in [-0.4, -0.2) is 57.3 Å². The molecule has 3 aliphatic heterocycles. The molecule has 3 saturated heterocycles. The van der Waals surface area contributed by atoms with E-state index in [2.05, 4.69) is 10.6 Å². The topological polar surface area (TPSA) is 97.0 Å². The van der Waals surface area contributed by atoms with Crippen LogP contribution in [-0.2, 0) is 31.6 Å². The van der Waals surface area contributed by atoms with Gasteiger partial charge in [-0.15, -0.1) is 0 Å². The number of carbonyl (C=O) groups excluding carboxylic acids is 1. The zero-order valence-electron chi connectivity index (χ0n) is 19.9. The van der Waals surface area contributed by atoms with Crippen molar-refractivity contribution in [2.75, 3.05) is 26.4 Å². The summed E-state index contributed by atoms with van der Waals surface area (Å²) in [5, 5.41) is 5.11. The minimum absolute atomic E-state index is 0.0211. The van der Waals surface area contributed by atoms with E-state index < -0.39 is 38.5 Å². The third kappa shape index (κ3) is 4.60. The monoisotopic (exact) mass is 521 g/mol. The number of hydrogen-bond donors (Lipinski definition) is 2. The van der Waals surface area contributed by atoms with Gasteiger partial charge in [0, 0.05) is 30.3 Å². The summed E-state index contributed by atoms with van der Waals surface area (Å²) < 4.78 is 69.1. The maximum Gasteiger partial charge on any atom is 0.407 e. The minimum Gasteiger partial charge on any atom is -0.447 e. The molecule has 3 heterocycles. The first kappa shape index (κ1) is 25.1. The molecule has 3 aliphatic rings. The molecule has 2 aromatic carbocycles. The molecule has 2 N–H and O–H groups in total. The number of cyclic esters (lactones) is 1. The quantitative estimate of drug-likeness (QED) is 0.582. The highest BCUT2D eigenvalue weighted by Crippen LogP contribution is 2.39. The van der Waals surface area contributed by atoms with Crippen LogP contribution in [0, 0.1) is 11.6 Å². The molecule has 0 radical (unpaired) electrons. The van der Waals surface area contributed by atoms with Gasteiger partial charge in [-0.05, 0) is 37.5 Å². The second kappa shape index (κ2) is 9.70. The molecule has 0 saturated carbocycles. The first-order valence-corrected chi connectivity index (χ1v) is 13.5. The summed E-state index contributed by atoms with van der Waals surface area (Å²) in [5.74, 6) is -1.32. The smallest absolute Gasteiger partial charge is 0.407 e. The summed E-state index contributed by atoms with van der Waals surface area (Å²) in [6, 6.07) is 10.6. The minimum atomic E-state index is -3.78. The van der Waals surface area contributed by atoms with Gasteiger partial charge in [0.05, 0.1) is 24.8 Å². The van der Waals surface area contributed by atoms with Crippen LogP contribution in [0.5, 0.6) is 0 Å². The van der Waals surface area contributed by atoms with E-state index in [9.17, 15) is 13.2 Å². The van der Waals surface area contributed by atoms with E-state index in [0.717, 1.165) is 12.1 Å². The highest BCUT2D eigenvalue weighted by atomic mass is 32.2. The summed E-state index contributed by atoms with van der Waals surface area (Å²) in [7, 11) is -3.78. The summed E-state index contributed by atoms with van der Waals surface area (Å²) >= 11 is 0. The first-order valence-electron chi connectivity index (χ1n) is 12.0. The first-order chi connectivity index (χ1) is 17.2. The van der Waals surface area contributed by atoms with Crippen molar-refractivity contribution in [3.05, 3.63) is 70.8 Å². The van der Waals surface area contributed by atoms with E-state index in [4.69, 9.17) is 9.47 Å². The molecule has 11 heteroatoms. The van der Waals surface area contributed by atoms with Gasteiger partial charge in [-0.2, -0.15) is 4.31 Å². The Morgan fingerprint density at radius 3 is 2.53 bits per heavy atom. The van der Waals surface area contributed by atoms with Crippen molar-refractivity contribution in [3.63, 3.8) is 0 Å². The maximum absolute atomic E-state index is 15.4. The Balaban J connectivity index is 1.37. The lowest BCUT2D eigenvalue weighted by molar-refractivity contribution is -0.0808. The number of nitrogens with zero attached hydrogens (tertiary/aromatic N) is 1. The highest BCUT2D eigenvalue weighted by molar-refractivity contribution is 7.89. The molecule has 1 unspecified atom stereocenters. The molecule has 0 bridgehead atoms. The number of sulfonamides is 1. The Labute approximate surface area is 209 Å². The molecule has 3 atom stereocenters. The molecule has 3 fully saturated rings. The molecule has 36 heavy (non-hydrogen) atoms. The second-order valence-corrected chi connectivity index (χ2v) is 11.8. The van der Waals surface area contributed by atoms with Gasteiger partial charge in [-0.1, -0.05) is 30.3 Å². The predicted molar refractivity (Wildman–Crippen MR) is 127 cm³/mol. The van der Waals surface area contributed by atoms with Gasteiger partial charge in [-0.25, -0.2) is 22.0 Å². The lowest BCUT2D eigenvalue weighted by Gasteiger charge is -2.43. The van der Waals surface area contributed by atoms with Gasteiger partial charge >= 0.3 is 6.09 Å². The number of rotatable bonds is 7. The molecular formula is C25H29F2N3O5S. The van der Waals surface area contributed by atoms with E-state index in [1.807, 2.05) is 6.07 Å². The van der Waals surface area contributed by atoms with Gasteiger partial charge < -0.3 is 20.1 Å². The number of carbonyl (C=O) groups is 1. The van der Waals surface area contributed by atoms with Crippen molar-refractivity contribution in [1.82, 2.24) is 14.9 Å². The van der Waals surface area contributed by atoms with E-state index in [1.54, 1.807) is 31.2 Å². The number of halogens is 2. The molecule has 8 nitrogen and oxygen atoms in total. The Morgan fingerprint density at radius 1 is 1.14 bits per heavy atom. The van der Waals surface area contributed by atoms with Crippen molar-refractivity contribution in [2.45, 2.75) is 49.2 Å². The lowest BCUT2D eigenvalue weighted by atomic mass is 9.86. The third-order valence-corrected chi connectivity index (χ3v) is 9.66. The molecule has 0 aromatic heterocycles. The predicted octanol–water partition coefficient (Wildman–Crippen LogP) is 2.94. The van der Waals surface area contributed by atoms with Crippen molar-refractivity contribution >= 4 is 16.1 Å². The van der Waals surface area contributed by atoms with Crippen molar-refractivity contribution < 1.29 is 31.5 Å². The average molecular weight is 522 g/mol. The standard InChI is InChI=1S/C25H29F2N3O5S/c1-16-7-8-23(17-5-3-2-4-6-17)36(32,33)30(16)12-18-9-22(27)20(10-21(18)26)25(14-34-15-25)28-11-19-13-35-24(31)29-19/h2-6,9-10,16,19,23,28H,7-8,11-15H2,1H3,(H,29,31)/t16-,19?,23+/m0/s1. The normalized spacial score (nSPS) is 27.2. The van der Waals surface area contributed by atoms with Gasteiger partial charge in [0.2, 0.25) is 10.0 Å². The van der Waals surface area contributed by atoms with Crippen LogP contribution in [0.25, 0.3) is 0 Å². The molecule has 2 aromatic rings. The van der Waals surface area contributed by atoms with Crippen LogP contribution >= 0.6 is 0 Å². The van der Waals surface area contributed by atoms with Gasteiger partial charge in [0.1, 0.15) is 23.5 Å². The number of nitrogens with one attached hydrogen (secondary N) is 2. The molecule has 5 rings (SSSR count). The lowest BCUT2D eigenvalue weighted by Crippen LogP contribution is -2.60. The fourth-order valence-corrected chi connectivity index (χ4v) is 7.30. The summed E-state index contributed by atoms with van der Waals surface area (Å²) in [6.07, 6.45) is 0.575. The molecule has 194 valence electrons. The van der Waals surface area contributed by atoms with Gasteiger partial charge in [-0.3, -0.25) is 0 Å². The van der Waals surface area contributed by atoms with Crippen LogP contribution in [0.1, 0.15) is 41.7 Å². The SMILES string of the molecule is C[C@H]1CC[C@H](c2ccccc2)S(=O)(=O)N1Cc1cc(F)c(C2(NCC3COC(=O)N3)COC2)cc1F. The largest absolute Gasteiger partial charge is 0.447 e. The molecule has 0 aliphatic carbocycles. The van der Waals surface area contributed by atoms with E-state index >= 15 is 8.78 Å². The van der Waals surface area contributed by atoms with Gasteiger partial charge in [0.25, 0.3) is 0 Å². The Hall–Kier alpha value is -2.60. The van der Waals surface area contributed by atoms with Crippen LogP contribution < -0.4 is 10.6 Å². The Kier molecular flexibility index (Phi) is 6.75. The number of alkyl carbamates (subject to hydrolysis) is 1. The molecule has 1 amide bonds. The fraction of sp³-hybridized carbons (Fsp3) is 0.480. The van der Waals surface area contributed by atoms with E-state index in [0.29, 0.717) is 24.9 Å². The number of ether oxygens (including phenoxy) is 2. The van der Waals surface area contributed by atoms with Crippen molar-refractivity contribution in [3.8, 4) is 0 Å². The van der Waals surface area contributed by atoms with Gasteiger partial charge in [0.15, 0.2) is 0 Å². The summed E-state index contributed by atoms with van der Waals surface area (Å²) in [6.45, 7) is 2.30. The zero-order valence-corrected chi connectivity index (χ0v) is 20.7. The van der Waals surface area contributed by atoms with Crippen LogP contribution in [0.4, 0.5) is 13.6 Å². The summed E-state index contributed by atoms with van der Waals surface area (Å²) in [5.41, 5.74) is -0.165. The Morgan fingerprint density at radius 2 is 1.89 bits per heavy atom. The van der Waals surface area contributed by atoms with E-state index in [-0.39, 0.29) is 49.6 Å².